The van der Waals surface area contributed by atoms with Gasteiger partial charge in [0.2, 0.25) is 5.91 Å². The second-order valence-corrected chi connectivity index (χ2v) is 11.4. The van der Waals surface area contributed by atoms with Crippen LogP contribution < -0.4 is 5.32 Å². The zero-order chi connectivity index (χ0) is 32.2. The summed E-state index contributed by atoms with van der Waals surface area (Å²) in [5.74, 6) is -0.759. The minimum atomic E-state index is -0.770. The number of carbonyl (C=O) groups is 4. The second kappa shape index (κ2) is 16.6. The van der Waals surface area contributed by atoms with Gasteiger partial charge in [-0.3, -0.25) is 9.59 Å². The third-order valence-corrected chi connectivity index (χ3v) is 8.03. The van der Waals surface area contributed by atoms with Crippen LogP contribution in [-0.4, -0.2) is 89.1 Å². The van der Waals surface area contributed by atoms with Gasteiger partial charge in [0.15, 0.2) is 5.82 Å². The van der Waals surface area contributed by atoms with Crippen LogP contribution >= 0.6 is 11.8 Å². The molecule has 3 amide bonds. The number of esters is 1. The summed E-state index contributed by atoms with van der Waals surface area (Å²) in [5, 5.41) is 3.36. The molecule has 2 aromatic carbocycles. The number of hydrogen-bond donors (Lipinski definition) is 1. The number of piperazine rings is 1. The molecule has 3 aromatic rings. The Hall–Kier alpha value is -4.45. The number of rotatable bonds is 12. The topological polar surface area (TPSA) is 131 Å². The molecular weight excluding hydrogens is 594 g/mol. The molecule has 1 aliphatic heterocycles. The van der Waals surface area contributed by atoms with Crippen LogP contribution in [0.4, 0.5) is 4.79 Å². The van der Waals surface area contributed by atoms with Crippen molar-refractivity contribution in [1.82, 2.24) is 25.1 Å². The van der Waals surface area contributed by atoms with Crippen molar-refractivity contribution in [3.63, 3.8) is 0 Å². The van der Waals surface area contributed by atoms with Crippen molar-refractivity contribution < 1.29 is 28.7 Å². The Morgan fingerprint density at radius 1 is 0.889 bits per heavy atom. The van der Waals surface area contributed by atoms with E-state index in [9.17, 15) is 19.2 Å². The number of amides is 3. The van der Waals surface area contributed by atoms with Crippen LogP contribution in [0.1, 0.15) is 60.9 Å². The van der Waals surface area contributed by atoms with Crippen LogP contribution in [0, 0.1) is 0 Å². The Balaban J connectivity index is 1.51. The Bertz CT molecular complexity index is 1480. The van der Waals surface area contributed by atoms with Crippen LogP contribution in [-0.2, 0) is 14.3 Å². The minimum Gasteiger partial charge on any atom is -0.462 e. The van der Waals surface area contributed by atoms with Gasteiger partial charge in [0.05, 0.1) is 18.8 Å². The summed E-state index contributed by atoms with van der Waals surface area (Å²) in [5.41, 5.74) is 1.27. The Labute approximate surface area is 267 Å². The van der Waals surface area contributed by atoms with Crippen LogP contribution in [0.3, 0.4) is 0 Å². The van der Waals surface area contributed by atoms with E-state index in [2.05, 4.69) is 10.3 Å². The monoisotopic (exact) mass is 633 g/mol. The van der Waals surface area contributed by atoms with Gasteiger partial charge in [0.25, 0.3) is 5.91 Å². The van der Waals surface area contributed by atoms with E-state index in [4.69, 9.17) is 14.5 Å². The highest BCUT2D eigenvalue weighted by Gasteiger charge is 2.30. The van der Waals surface area contributed by atoms with Gasteiger partial charge in [-0.15, -0.1) is 0 Å². The lowest BCUT2D eigenvalue weighted by molar-refractivity contribution is -0.134. The number of hydrogen-bond acceptors (Lipinski definition) is 9. The molecule has 1 atom stereocenters. The molecule has 1 aromatic heterocycles. The van der Waals surface area contributed by atoms with Crippen LogP contribution in [0.25, 0.3) is 11.4 Å². The predicted molar refractivity (Wildman–Crippen MR) is 170 cm³/mol. The van der Waals surface area contributed by atoms with Gasteiger partial charge in [0, 0.05) is 42.7 Å². The molecule has 0 bridgehead atoms. The molecule has 1 unspecified atom stereocenters. The third-order valence-electron chi connectivity index (χ3n) is 7.12. The number of unbranched alkanes of at least 4 members (excludes halogenated alkanes) is 1. The second-order valence-electron chi connectivity index (χ2n) is 10.3. The first-order valence-corrected chi connectivity index (χ1v) is 16.0. The number of ether oxygens (including phenoxy) is 2. The molecule has 11 nitrogen and oxygen atoms in total. The summed E-state index contributed by atoms with van der Waals surface area (Å²) in [6.07, 6.45) is 1.71. The van der Waals surface area contributed by atoms with E-state index in [0.29, 0.717) is 55.6 Å². The predicted octanol–water partition coefficient (Wildman–Crippen LogP) is 5.06. The lowest BCUT2D eigenvalue weighted by atomic mass is 10.1. The van der Waals surface area contributed by atoms with Gasteiger partial charge in [-0.1, -0.05) is 68.4 Å². The average Bonchev–Trinajstić information content (AvgIpc) is 3.07. The van der Waals surface area contributed by atoms with Crippen molar-refractivity contribution in [1.29, 1.82) is 0 Å². The highest BCUT2D eigenvalue weighted by molar-refractivity contribution is 7.99. The molecule has 45 heavy (non-hydrogen) atoms. The van der Waals surface area contributed by atoms with E-state index < -0.39 is 24.0 Å². The lowest BCUT2D eigenvalue weighted by Gasteiger charge is -2.35. The summed E-state index contributed by atoms with van der Waals surface area (Å²) in [7, 11) is 0. The summed E-state index contributed by atoms with van der Waals surface area (Å²) in [6, 6.07) is 17.2. The molecule has 1 N–H and O–H groups in total. The normalized spacial score (nSPS) is 13.6. The van der Waals surface area contributed by atoms with Crippen molar-refractivity contribution in [3.05, 3.63) is 71.9 Å². The number of nitrogens with one attached hydrogen (secondary N) is 1. The molecule has 12 heteroatoms. The number of nitrogens with zero attached hydrogens (tertiary/aromatic N) is 4. The molecule has 1 saturated heterocycles. The summed E-state index contributed by atoms with van der Waals surface area (Å²) >= 11 is 1.29. The molecule has 238 valence electrons. The molecule has 1 aliphatic rings. The summed E-state index contributed by atoms with van der Waals surface area (Å²) < 4.78 is 10.4. The van der Waals surface area contributed by atoms with Crippen molar-refractivity contribution >= 4 is 35.6 Å². The molecule has 0 saturated carbocycles. The molecule has 0 radical (unpaired) electrons. The average molecular weight is 634 g/mol. The molecule has 0 spiro atoms. The van der Waals surface area contributed by atoms with Crippen LogP contribution in [0.5, 0.6) is 0 Å². The fourth-order valence-electron chi connectivity index (χ4n) is 4.62. The molecule has 0 aliphatic carbocycles. The van der Waals surface area contributed by atoms with E-state index in [0.717, 1.165) is 23.3 Å². The van der Waals surface area contributed by atoms with Gasteiger partial charge >= 0.3 is 12.1 Å². The standard InChI is InChI=1S/C33H39N5O6S/c1-4-7-20-44-32(41)24-14-11-15-25(21-24)45-28-22-27(34-29(36-28)23-12-9-8-10-13-23)30(39)35-26(5-2)31(40)37-16-18-38(19-17-37)33(42)43-6-3/h8-15,21-22,26H,4-7,16-20H2,1-3H3,(H,35,39). The highest BCUT2D eigenvalue weighted by Crippen LogP contribution is 2.29. The lowest BCUT2D eigenvalue weighted by Crippen LogP contribution is -2.55. The van der Waals surface area contributed by atoms with Gasteiger partial charge in [0.1, 0.15) is 16.8 Å². The number of carbonyl (C=O) groups excluding carboxylic acids is 4. The maximum atomic E-state index is 13.6. The zero-order valence-electron chi connectivity index (χ0n) is 25.9. The Kier molecular flexibility index (Phi) is 12.3. The maximum Gasteiger partial charge on any atom is 0.409 e. The van der Waals surface area contributed by atoms with E-state index in [1.54, 1.807) is 41.0 Å². The van der Waals surface area contributed by atoms with Crippen molar-refractivity contribution in [2.75, 3.05) is 39.4 Å². The first-order chi connectivity index (χ1) is 21.8. The number of benzene rings is 2. The maximum absolute atomic E-state index is 13.6. The summed E-state index contributed by atoms with van der Waals surface area (Å²) in [4.78, 5) is 64.7. The summed E-state index contributed by atoms with van der Waals surface area (Å²) in [6.45, 7) is 7.68. The largest absolute Gasteiger partial charge is 0.462 e. The van der Waals surface area contributed by atoms with Gasteiger partial charge in [-0.05, 0) is 38.0 Å². The van der Waals surface area contributed by atoms with Gasteiger partial charge < -0.3 is 24.6 Å². The Morgan fingerprint density at radius 3 is 2.31 bits per heavy atom. The quantitative estimate of drug-likeness (QED) is 0.165. The zero-order valence-corrected chi connectivity index (χ0v) is 26.7. The molecule has 2 heterocycles. The molecular formula is C33H39N5O6S. The van der Waals surface area contributed by atoms with Crippen molar-refractivity contribution in [2.45, 2.75) is 56.0 Å². The first-order valence-electron chi connectivity index (χ1n) is 15.2. The first kappa shape index (κ1) is 33.4. The smallest absolute Gasteiger partial charge is 0.409 e. The fraction of sp³-hybridized carbons (Fsp3) is 0.394. The number of aromatic nitrogens is 2. The van der Waals surface area contributed by atoms with Crippen LogP contribution in [0.15, 0.2) is 70.6 Å². The van der Waals surface area contributed by atoms with E-state index in [-0.39, 0.29) is 18.2 Å². The van der Waals surface area contributed by atoms with E-state index in [1.807, 2.05) is 50.2 Å². The molecule has 1 fully saturated rings. The minimum absolute atomic E-state index is 0.111. The molecule has 4 rings (SSSR count). The highest BCUT2D eigenvalue weighted by atomic mass is 32.2. The SMILES string of the molecule is CCCCOC(=O)c1cccc(Sc2cc(C(=O)NC(CC)C(=O)N3CCN(C(=O)OCC)CC3)nc(-c3ccccc3)n2)c1. The Morgan fingerprint density at radius 2 is 1.62 bits per heavy atom. The third kappa shape index (κ3) is 9.27. The fourth-order valence-corrected chi connectivity index (χ4v) is 5.50. The van der Waals surface area contributed by atoms with Crippen molar-refractivity contribution in [2.24, 2.45) is 0 Å². The van der Waals surface area contributed by atoms with Gasteiger partial charge in [-0.2, -0.15) is 0 Å². The van der Waals surface area contributed by atoms with E-state index >= 15 is 0 Å². The van der Waals surface area contributed by atoms with Gasteiger partial charge in [-0.25, -0.2) is 19.6 Å². The van der Waals surface area contributed by atoms with Crippen molar-refractivity contribution in [3.8, 4) is 11.4 Å². The van der Waals surface area contributed by atoms with Crippen LogP contribution in [0.2, 0.25) is 0 Å². The van der Waals surface area contributed by atoms with E-state index in [1.165, 1.54) is 11.8 Å².